The molecule has 0 bridgehead atoms. The van der Waals surface area contributed by atoms with Crippen LogP contribution in [-0.4, -0.2) is 12.5 Å². The van der Waals surface area contributed by atoms with Gasteiger partial charge in [-0.2, -0.15) is 0 Å². The van der Waals surface area contributed by atoms with Gasteiger partial charge in [-0.3, -0.25) is 0 Å². The van der Waals surface area contributed by atoms with Gasteiger partial charge in [0, 0.05) is 22.5 Å². The van der Waals surface area contributed by atoms with Crippen LogP contribution >= 0.6 is 0 Å². The zero-order valence-electron chi connectivity index (χ0n) is 10.2. The molecule has 0 aromatic carbocycles. The summed E-state index contributed by atoms with van der Waals surface area (Å²) in [5.74, 6) is 0. The van der Waals surface area contributed by atoms with Crippen LogP contribution in [0.3, 0.4) is 0 Å². The molecule has 0 aliphatic carbocycles. The normalized spacial score (nSPS) is 11.1. The fourth-order valence-corrected chi connectivity index (χ4v) is 1.75. The summed E-state index contributed by atoms with van der Waals surface area (Å²) < 4.78 is 1.63. The van der Waals surface area contributed by atoms with Gasteiger partial charge in [-0.25, -0.2) is 0 Å². The molecule has 2 heteroatoms. The molecular formula is C15H16BN. The second kappa shape index (κ2) is 5.95. The summed E-state index contributed by atoms with van der Waals surface area (Å²) in [6.07, 6.45) is 12.9. The largest absolute Gasteiger partial charge is 0.397 e. The molecule has 0 amide bonds. The van der Waals surface area contributed by atoms with E-state index in [0.717, 1.165) is 22.5 Å². The van der Waals surface area contributed by atoms with E-state index < -0.39 is 0 Å². The van der Waals surface area contributed by atoms with Crippen molar-refractivity contribution in [3.63, 3.8) is 0 Å². The molecule has 0 saturated carbocycles. The third-order valence-corrected chi connectivity index (χ3v) is 2.48. The van der Waals surface area contributed by atoms with Crippen LogP contribution in [0.2, 0.25) is 0 Å². The van der Waals surface area contributed by atoms with Gasteiger partial charge >= 0.3 is 0 Å². The van der Waals surface area contributed by atoms with E-state index in [1.165, 1.54) is 0 Å². The Morgan fingerprint density at radius 1 is 1.00 bits per heavy atom. The van der Waals surface area contributed by atoms with Crippen molar-refractivity contribution in [1.29, 1.82) is 0 Å². The molecule has 0 aliphatic heterocycles. The molecule has 1 nitrogen and oxygen atoms in total. The topological polar surface area (TPSA) is 4.93 Å². The van der Waals surface area contributed by atoms with Gasteiger partial charge in [0.15, 0.2) is 0 Å². The third kappa shape index (κ3) is 2.42. The van der Waals surface area contributed by atoms with E-state index in [1.54, 1.807) is 22.7 Å². The highest BCUT2D eigenvalue weighted by molar-refractivity contribution is 6.10. The Morgan fingerprint density at radius 3 is 1.94 bits per heavy atom. The first-order chi connectivity index (χ1) is 8.21. The molecule has 0 aliphatic rings. The summed E-state index contributed by atoms with van der Waals surface area (Å²) in [5.41, 5.74) is 3.78. The number of hydrogen-bond donors (Lipinski definition) is 0. The van der Waals surface area contributed by atoms with Crippen LogP contribution in [0.15, 0.2) is 38.0 Å². The molecule has 84 valence electrons. The second-order valence-corrected chi connectivity index (χ2v) is 3.47. The summed E-state index contributed by atoms with van der Waals surface area (Å²) in [5, 5.41) is 0. The fourth-order valence-electron chi connectivity index (χ4n) is 1.75. The lowest BCUT2D eigenvalue weighted by Gasteiger charge is -2.01. The predicted molar refractivity (Wildman–Crippen MR) is 79.7 cm³/mol. The highest BCUT2D eigenvalue weighted by Gasteiger charge is 2.12. The van der Waals surface area contributed by atoms with Crippen molar-refractivity contribution in [2.75, 3.05) is 0 Å². The van der Waals surface area contributed by atoms with Gasteiger partial charge in [0.1, 0.15) is 0 Å². The molecule has 1 heterocycles. The molecule has 0 fully saturated rings. The zero-order chi connectivity index (χ0) is 12.8. The van der Waals surface area contributed by atoms with Crippen molar-refractivity contribution in [1.82, 2.24) is 4.48 Å². The Kier molecular flexibility index (Phi) is 4.59. The molecule has 1 rings (SSSR count). The zero-order valence-corrected chi connectivity index (χ0v) is 10.2. The van der Waals surface area contributed by atoms with E-state index in [0.29, 0.717) is 0 Å². The van der Waals surface area contributed by atoms with Crippen LogP contribution in [0.25, 0.3) is 24.3 Å². The summed E-state index contributed by atoms with van der Waals surface area (Å²) in [4.78, 5) is 0. The van der Waals surface area contributed by atoms with Crippen LogP contribution in [0.1, 0.15) is 29.4 Å². The van der Waals surface area contributed by atoms with Crippen molar-refractivity contribution in [3.8, 4) is 0 Å². The van der Waals surface area contributed by atoms with Crippen LogP contribution < -0.4 is 0 Å². The van der Waals surface area contributed by atoms with Gasteiger partial charge in [0.05, 0.1) is 0 Å². The van der Waals surface area contributed by atoms with Gasteiger partial charge in [-0.15, -0.1) is 0 Å². The molecule has 0 unspecified atom stereocenters. The van der Waals surface area contributed by atoms with Crippen molar-refractivity contribution < 1.29 is 0 Å². The van der Waals surface area contributed by atoms with E-state index in [1.807, 2.05) is 31.2 Å². The van der Waals surface area contributed by atoms with Crippen molar-refractivity contribution in [2.45, 2.75) is 6.92 Å². The van der Waals surface area contributed by atoms with E-state index >= 15 is 0 Å². The molecule has 17 heavy (non-hydrogen) atoms. The Hall–Kier alpha value is -1.96. The number of aromatic nitrogens is 1. The van der Waals surface area contributed by atoms with Crippen LogP contribution in [0.4, 0.5) is 0 Å². The Morgan fingerprint density at radius 2 is 1.53 bits per heavy atom. The van der Waals surface area contributed by atoms with Gasteiger partial charge < -0.3 is 4.48 Å². The molecule has 1 aromatic heterocycles. The van der Waals surface area contributed by atoms with E-state index in [-0.39, 0.29) is 0 Å². The molecule has 2 radical (unpaired) electrons. The maximum absolute atomic E-state index is 6.07. The average molecular weight is 221 g/mol. The Bertz CT molecular complexity index is 501. The van der Waals surface area contributed by atoms with Crippen molar-refractivity contribution >= 4 is 32.3 Å². The SMILES string of the molecule is [B]n1c(/C=C\C)c(C=C)c(C=C)c1/C=C\C=C. The first kappa shape index (κ1) is 13.1. The van der Waals surface area contributed by atoms with Gasteiger partial charge in [0.2, 0.25) is 7.98 Å². The van der Waals surface area contributed by atoms with E-state index in [4.69, 9.17) is 7.98 Å². The number of allylic oxidation sites excluding steroid dienone is 3. The summed E-state index contributed by atoms with van der Waals surface area (Å²) in [7, 11) is 6.07. The standard InChI is InChI=1S/C15H16BN/c1-5-9-11-15-13(8-4)12(7-3)14(10-6-2)17(15)16/h5-11H,1,3-4H2,2H3/b10-6-,11-9-. The molecule has 1 aromatic rings. The average Bonchev–Trinajstić information content (AvgIpc) is 2.60. The smallest absolute Gasteiger partial charge is 0.234 e. The first-order valence-corrected chi connectivity index (χ1v) is 5.41. The molecule has 0 spiro atoms. The fraction of sp³-hybridized carbons (Fsp3) is 0.0667. The maximum Gasteiger partial charge on any atom is 0.234 e. The monoisotopic (exact) mass is 221 g/mol. The quantitative estimate of drug-likeness (QED) is 0.524. The van der Waals surface area contributed by atoms with Crippen molar-refractivity contribution in [2.24, 2.45) is 0 Å². The van der Waals surface area contributed by atoms with Crippen LogP contribution in [0, 0.1) is 0 Å². The molecule has 0 saturated heterocycles. The summed E-state index contributed by atoms with van der Waals surface area (Å²) >= 11 is 0. The summed E-state index contributed by atoms with van der Waals surface area (Å²) in [6.45, 7) is 13.2. The minimum absolute atomic E-state index is 0.892. The number of rotatable bonds is 5. The maximum atomic E-state index is 6.07. The van der Waals surface area contributed by atoms with Gasteiger partial charge in [0.25, 0.3) is 0 Å². The minimum atomic E-state index is 0.892. The summed E-state index contributed by atoms with van der Waals surface area (Å²) in [6, 6.07) is 0. The molecular weight excluding hydrogens is 205 g/mol. The van der Waals surface area contributed by atoms with Gasteiger partial charge in [-0.1, -0.05) is 50.1 Å². The number of hydrogen-bond acceptors (Lipinski definition) is 0. The van der Waals surface area contributed by atoms with Crippen LogP contribution in [-0.2, 0) is 0 Å². The minimum Gasteiger partial charge on any atom is -0.397 e. The lowest BCUT2D eigenvalue weighted by Crippen LogP contribution is -1.97. The molecule has 0 atom stereocenters. The number of nitrogens with zero attached hydrogens (tertiary/aromatic N) is 1. The highest BCUT2D eigenvalue weighted by atomic mass is 14.9. The Labute approximate surface area is 105 Å². The Balaban J connectivity index is 3.58. The van der Waals surface area contributed by atoms with E-state index in [2.05, 4.69) is 19.7 Å². The van der Waals surface area contributed by atoms with Gasteiger partial charge in [-0.05, 0) is 19.1 Å². The predicted octanol–water partition coefficient (Wildman–Crippen LogP) is 3.94. The third-order valence-electron chi connectivity index (χ3n) is 2.48. The second-order valence-electron chi connectivity index (χ2n) is 3.47. The highest BCUT2D eigenvalue weighted by Crippen LogP contribution is 2.26. The lowest BCUT2D eigenvalue weighted by molar-refractivity contribution is 1.20. The molecule has 0 N–H and O–H groups in total. The van der Waals surface area contributed by atoms with Crippen molar-refractivity contribution in [3.05, 3.63) is 60.5 Å². The van der Waals surface area contributed by atoms with E-state index in [9.17, 15) is 0 Å². The van der Waals surface area contributed by atoms with Crippen LogP contribution in [0.5, 0.6) is 0 Å². The first-order valence-electron chi connectivity index (χ1n) is 5.41. The lowest BCUT2D eigenvalue weighted by atomic mass is 10.1.